The lowest BCUT2D eigenvalue weighted by atomic mass is 10.1. The number of hydrogen-bond acceptors (Lipinski definition) is 3. The van der Waals surface area contributed by atoms with Crippen LogP contribution in [0.4, 0.5) is 0 Å². The summed E-state index contributed by atoms with van der Waals surface area (Å²) >= 11 is 0. The van der Waals surface area contributed by atoms with E-state index in [9.17, 15) is 4.79 Å². The molecular weight excluding hydrogens is 192 g/mol. The molecule has 86 valence electrons. The molecule has 0 spiro atoms. The van der Waals surface area contributed by atoms with Crippen LogP contribution in [0, 0.1) is 11.3 Å². The molecule has 0 aliphatic rings. The van der Waals surface area contributed by atoms with Crippen molar-refractivity contribution in [2.75, 3.05) is 13.1 Å². The Morgan fingerprint density at radius 2 is 2.20 bits per heavy atom. The summed E-state index contributed by atoms with van der Waals surface area (Å²) in [5, 5.41) is 17.0. The molecular formula is C11H20N2O2. The zero-order chi connectivity index (χ0) is 11.7. The number of carboxylic acids is 1. The molecule has 1 unspecified atom stereocenters. The van der Waals surface area contributed by atoms with Crippen molar-refractivity contribution in [3.05, 3.63) is 0 Å². The molecule has 0 saturated carbocycles. The number of rotatable bonds is 8. The van der Waals surface area contributed by atoms with Gasteiger partial charge in [0.25, 0.3) is 0 Å². The molecule has 0 amide bonds. The van der Waals surface area contributed by atoms with Crippen LogP contribution in [0.25, 0.3) is 0 Å². The van der Waals surface area contributed by atoms with E-state index in [0.717, 1.165) is 25.9 Å². The van der Waals surface area contributed by atoms with Crippen LogP contribution in [0.1, 0.15) is 39.5 Å². The highest BCUT2D eigenvalue weighted by molar-refractivity contribution is 5.67. The average molecular weight is 212 g/mol. The Hall–Kier alpha value is -1.08. The van der Waals surface area contributed by atoms with E-state index in [1.54, 1.807) is 0 Å². The molecule has 4 heteroatoms. The van der Waals surface area contributed by atoms with Crippen molar-refractivity contribution in [3.8, 4) is 6.07 Å². The second-order valence-corrected chi connectivity index (χ2v) is 3.69. The van der Waals surface area contributed by atoms with E-state index >= 15 is 0 Å². The van der Waals surface area contributed by atoms with Gasteiger partial charge in [0, 0.05) is 12.5 Å². The fourth-order valence-electron chi connectivity index (χ4n) is 1.59. The predicted octanol–water partition coefficient (Wildman–Crippen LogP) is 1.87. The van der Waals surface area contributed by atoms with Crippen LogP contribution in [0.3, 0.4) is 0 Å². The number of carboxylic acid groups (broad SMARTS) is 1. The molecule has 1 N–H and O–H groups in total. The molecule has 0 rings (SSSR count). The summed E-state index contributed by atoms with van der Waals surface area (Å²) in [7, 11) is 0. The minimum absolute atomic E-state index is 0.0783. The quantitative estimate of drug-likeness (QED) is 0.624. The molecule has 15 heavy (non-hydrogen) atoms. The summed E-state index contributed by atoms with van der Waals surface area (Å²) in [6.45, 7) is 5.71. The van der Waals surface area contributed by atoms with Crippen LogP contribution in [-0.4, -0.2) is 35.1 Å². The van der Waals surface area contributed by atoms with Crippen molar-refractivity contribution in [1.82, 2.24) is 4.90 Å². The van der Waals surface area contributed by atoms with Crippen molar-refractivity contribution >= 4 is 5.97 Å². The Kier molecular flexibility index (Phi) is 7.65. The molecule has 0 aliphatic carbocycles. The first-order chi connectivity index (χ1) is 7.11. The summed E-state index contributed by atoms with van der Waals surface area (Å²) in [5.74, 6) is -0.752. The van der Waals surface area contributed by atoms with Gasteiger partial charge in [-0.1, -0.05) is 6.92 Å². The molecule has 1 atom stereocenters. The van der Waals surface area contributed by atoms with Gasteiger partial charge in [0.15, 0.2) is 0 Å². The van der Waals surface area contributed by atoms with Gasteiger partial charge in [-0.3, -0.25) is 4.79 Å². The lowest BCUT2D eigenvalue weighted by Gasteiger charge is -2.26. The van der Waals surface area contributed by atoms with Gasteiger partial charge in [0.05, 0.1) is 12.5 Å². The standard InChI is InChI=1S/C11H20N2O2/c1-3-13(8-6-4-5-7-12)10(2)9-11(14)15/h10H,3-6,8-9H2,1-2H3,(H,14,15). The van der Waals surface area contributed by atoms with E-state index in [2.05, 4.69) is 11.0 Å². The van der Waals surface area contributed by atoms with E-state index in [1.165, 1.54) is 0 Å². The third kappa shape index (κ3) is 6.92. The zero-order valence-corrected chi connectivity index (χ0v) is 9.57. The largest absolute Gasteiger partial charge is 0.481 e. The predicted molar refractivity (Wildman–Crippen MR) is 58.4 cm³/mol. The van der Waals surface area contributed by atoms with Crippen molar-refractivity contribution < 1.29 is 9.90 Å². The summed E-state index contributed by atoms with van der Waals surface area (Å²) in [4.78, 5) is 12.7. The molecule has 0 heterocycles. The van der Waals surface area contributed by atoms with Gasteiger partial charge >= 0.3 is 5.97 Å². The Bertz CT molecular complexity index is 223. The van der Waals surface area contributed by atoms with Crippen LogP contribution in [0.15, 0.2) is 0 Å². The molecule has 0 aliphatic heterocycles. The van der Waals surface area contributed by atoms with E-state index in [0.29, 0.717) is 6.42 Å². The van der Waals surface area contributed by atoms with Gasteiger partial charge in [0.2, 0.25) is 0 Å². The maximum atomic E-state index is 10.5. The summed E-state index contributed by atoms with van der Waals surface area (Å²) in [6.07, 6.45) is 2.63. The van der Waals surface area contributed by atoms with Crippen LogP contribution in [-0.2, 0) is 4.79 Å². The maximum absolute atomic E-state index is 10.5. The Morgan fingerprint density at radius 1 is 1.53 bits per heavy atom. The molecule has 0 aromatic carbocycles. The highest BCUT2D eigenvalue weighted by Crippen LogP contribution is 2.06. The Morgan fingerprint density at radius 3 is 2.67 bits per heavy atom. The number of unbranched alkanes of at least 4 members (excludes halogenated alkanes) is 2. The zero-order valence-electron chi connectivity index (χ0n) is 9.57. The smallest absolute Gasteiger partial charge is 0.304 e. The Labute approximate surface area is 91.5 Å². The van der Waals surface area contributed by atoms with Gasteiger partial charge in [-0.15, -0.1) is 0 Å². The average Bonchev–Trinajstić information content (AvgIpc) is 2.16. The first-order valence-corrected chi connectivity index (χ1v) is 5.44. The molecule has 0 aromatic rings. The van der Waals surface area contributed by atoms with Crippen molar-refractivity contribution in [3.63, 3.8) is 0 Å². The number of carbonyl (C=O) groups is 1. The summed E-state index contributed by atoms with van der Waals surface area (Å²) in [6, 6.07) is 2.19. The van der Waals surface area contributed by atoms with E-state index in [4.69, 9.17) is 10.4 Å². The first kappa shape index (κ1) is 13.9. The molecule has 0 saturated heterocycles. The second-order valence-electron chi connectivity index (χ2n) is 3.69. The fourth-order valence-corrected chi connectivity index (χ4v) is 1.59. The molecule has 0 fully saturated rings. The van der Waals surface area contributed by atoms with E-state index < -0.39 is 5.97 Å². The molecule has 0 radical (unpaired) electrons. The minimum Gasteiger partial charge on any atom is -0.481 e. The normalized spacial score (nSPS) is 12.4. The fraction of sp³-hybridized carbons (Fsp3) is 0.818. The summed E-state index contributed by atoms with van der Waals surface area (Å²) in [5.41, 5.74) is 0. The lowest BCUT2D eigenvalue weighted by molar-refractivity contribution is -0.138. The van der Waals surface area contributed by atoms with Gasteiger partial charge in [-0.25, -0.2) is 0 Å². The molecule has 0 aromatic heterocycles. The number of aliphatic carboxylic acids is 1. The van der Waals surface area contributed by atoms with Crippen molar-refractivity contribution in [1.29, 1.82) is 5.26 Å². The van der Waals surface area contributed by atoms with Crippen molar-refractivity contribution in [2.45, 2.75) is 45.6 Å². The van der Waals surface area contributed by atoms with E-state index in [-0.39, 0.29) is 12.5 Å². The minimum atomic E-state index is -0.752. The van der Waals surface area contributed by atoms with Crippen LogP contribution in [0.2, 0.25) is 0 Å². The Balaban J connectivity index is 3.80. The van der Waals surface area contributed by atoms with Gasteiger partial charge in [0.1, 0.15) is 0 Å². The number of nitriles is 1. The van der Waals surface area contributed by atoms with Gasteiger partial charge in [-0.2, -0.15) is 5.26 Å². The highest BCUT2D eigenvalue weighted by atomic mass is 16.4. The van der Waals surface area contributed by atoms with Gasteiger partial charge < -0.3 is 10.0 Å². The van der Waals surface area contributed by atoms with Crippen LogP contribution in [0.5, 0.6) is 0 Å². The monoisotopic (exact) mass is 212 g/mol. The third-order valence-corrected chi connectivity index (χ3v) is 2.48. The molecule has 0 bridgehead atoms. The first-order valence-electron chi connectivity index (χ1n) is 5.44. The van der Waals surface area contributed by atoms with E-state index in [1.807, 2.05) is 13.8 Å². The maximum Gasteiger partial charge on any atom is 0.304 e. The third-order valence-electron chi connectivity index (χ3n) is 2.48. The van der Waals surface area contributed by atoms with Crippen LogP contribution < -0.4 is 0 Å². The SMILES string of the molecule is CCN(CCCCC#N)C(C)CC(=O)O. The topological polar surface area (TPSA) is 64.3 Å². The van der Waals surface area contributed by atoms with Crippen molar-refractivity contribution in [2.24, 2.45) is 0 Å². The highest BCUT2D eigenvalue weighted by Gasteiger charge is 2.14. The second kappa shape index (κ2) is 8.25. The molecule has 4 nitrogen and oxygen atoms in total. The number of hydrogen-bond donors (Lipinski definition) is 1. The lowest BCUT2D eigenvalue weighted by Crippen LogP contribution is -2.35. The summed E-state index contributed by atoms with van der Waals surface area (Å²) < 4.78 is 0. The number of nitrogens with zero attached hydrogens (tertiary/aromatic N) is 2. The van der Waals surface area contributed by atoms with Crippen LogP contribution >= 0.6 is 0 Å². The van der Waals surface area contributed by atoms with Gasteiger partial charge in [-0.05, 0) is 32.9 Å².